The number of aliphatic hydroxyl groups is 2. The van der Waals surface area contributed by atoms with E-state index in [2.05, 4.69) is 44.3 Å². The topological polar surface area (TPSA) is 178 Å². The third kappa shape index (κ3) is 6.50. The molecule has 2 aromatic carbocycles. The van der Waals surface area contributed by atoms with Crippen LogP contribution in [0.3, 0.4) is 0 Å². The molecule has 2 amide bonds. The first-order chi connectivity index (χ1) is 25.0. The van der Waals surface area contributed by atoms with E-state index >= 15 is 0 Å². The Morgan fingerprint density at radius 1 is 0.750 bits per heavy atom. The molecule has 0 radical (unpaired) electrons. The van der Waals surface area contributed by atoms with Gasteiger partial charge in [0.15, 0.2) is 13.5 Å². The third-order valence-electron chi connectivity index (χ3n) is 9.25. The summed E-state index contributed by atoms with van der Waals surface area (Å²) in [5.41, 5.74) is 0.738. The molecule has 0 saturated heterocycles. The SMILES string of the molecule is Cc1ccc2c(c1)C(O)(C#CC1CC1)C(=O)N2Cc1cn(CO[P+](=O)OCn2cc(CN3C(=O)C(O)(C#CC4CC4)c4cc(C)ccc43)nn2)nn1. The van der Waals surface area contributed by atoms with Crippen LogP contribution < -0.4 is 9.80 Å². The molecule has 15 nitrogen and oxygen atoms in total. The summed E-state index contributed by atoms with van der Waals surface area (Å²) < 4.78 is 25.8. The fraction of sp³-hybridized carbons (Fsp3) is 0.389. The van der Waals surface area contributed by atoms with Crippen LogP contribution in [0, 0.1) is 49.4 Å². The minimum atomic E-state index is -2.61. The first-order valence-electron chi connectivity index (χ1n) is 16.9. The first-order valence-corrected chi connectivity index (χ1v) is 18.0. The molecule has 52 heavy (non-hydrogen) atoms. The highest BCUT2D eigenvalue weighted by Crippen LogP contribution is 2.43. The summed E-state index contributed by atoms with van der Waals surface area (Å²) in [6, 6.07) is 10.8. The van der Waals surface area contributed by atoms with E-state index in [4.69, 9.17) is 9.05 Å². The summed E-state index contributed by atoms with van der Waals surface area (Å²) in [5.74, 6) is 11.0. The third-order valence-corrected chi connectivity index (χ3v) is 9.90. The molecule has 8 rings (SSSR count). The van der Waals surface area contributed by atoms with E-state index in [0.717, 1.165) is 36.8 Å². The Labute approximate surface area is 299 Å². The number of benzene rings is 2. The highest BCUT2D eigenvalue weighted by molar-refractivity contribution is 7.33. The lowest BCUT2D eigenvalue weighted by Crippen LogP contribution is -2.39. The molecular formula is C36H34N8O7P+. The molecule has 2 saturated carbocycles. The zero-order valence-corrected chi connectivity index (χ0v) is 29.3. The Bertz CT molecular complexity index is 2100. The fourth-order valence-corrected chi connectivity index (χ4v) is 6.64. The van der Waals surface area contributed by atoms with Crippen molar-refractivity contribution in [2.75, 3.05) is 9.80 Å². The summed E-state index contributed by atoms with van der Waals surface area (Å²) in [4.78, 5) is 29.8. The molecule has 16 heteroatoms. The van der Waals surface area contributed by atoms with Crippen LogP contribution >= 0.6 is 8.25 Å². The van der Waals surface area contributed by atoms with E-state index in [1.165, 1.54) is 19.2 Å². The van der Waals surface area contributed by atoms with Crippen LogP contribution in [0.25, 0.3) is 0 Å². The van der Waals surface area contributed by atoms with Crippen LogP contribution in [-0.2, 0) is 61.0 Å². The maximum Gasteiger partial charge on any atom is 0.701 e. The van der Waals surface area contributed by atoms with Gasteiger partial charge >= 0.3 is 8.25 Å². The number of aromatic nitrogens is 6. The van der Waals surface area contributed by atoms with Crippen LogP contribution in [-0.4, -0.2) is 52.0 Å². The molecule has 4 aliphatic rings. The van der Waals surface area contributed by atoms with Crippen molar-refractivity contribution < 1.29 is 33.4 Å². The number of carbonyl (C=O) groups is 2. The van der Waals surface area contributed by atoms with E-state index in [1.54, 1.807) is 36.7 Å². The second kappa shape index (κ2) is 13.0. The summed E-state index contributed by atoms with van der Waals surface area (Å²) in [7, 11) is -2.61. The number of aryl methyl sites for hydroxylation is 2. The van der Waals surface area contributed by atoms with Gasteiger partial charge in [0.1, 0.15) is 11.4 Å². The molecule has 2 fully saturated rings. The maximum atomic E-state index is 13.5. The molecule has 2 aliphatic carbocycles. The lowest BCUT2D eigenvalue weighted by molar-refractivity contribution is -0.131. The first kappa shape index (κ1) is 33.8. The molecule has 4 aromatic rings. The van der Waals surface area contributed by atoms with Gasteiger partial charge < -0.3 is 20.0 Å². The van der Waals surface area contributed by atoms with Gasteiger partial charge in [0.05, 0.1) is 36.9 Å². The molecule has 2 N–H and O–H groups in total. The van der Waals surface area contributed by atoms with Crippen molar-refractivity contribution in [2.24, 2.45) is 11.8 Å². The zero-order valence-electron chi connectivity index (χ0n) is 28.4. The molecule has 2 aromatic heterocycles. The number of nitrogens with zero attached hydrogens (tertiary/aromatic N) is 8. The number of hydrogen-bond acceptors (Lipinski definition) is 11. The van der Waals surface area contributed by atoms with E-state index in [-0.39, 0.29) is 38.4 Å². The molecular weight excluding hydrogens is 687 g/mol. The summed E-state index contributed by atoms with van der Waals surface area (Å²) in [6.45, 7) is 3.32. The van der Waals surface area contributed by atoms with Gasteiger partial charge in [-0.1, -0.05) is 66.4 Å². The standard InChI is InChI=1S/C36H34N8O7P/c1-23-3-9-31-29(15-23)35(47,13-11-25-5-6-25)33(45)43(31)19-27-17-41(39-37-27)21-50-52(49)51-22-42-18-28(38-40-42)20-44-32-10-4-24(2)16-30(32)36(48,34(44)46)14-12-26-7-8-26/h3-4,9-10,15-18,25-26,47-48H,5-8,19-22H2,1-2H3/q+1. The predicted molar refractivity (Wildman–Crippen MR) is 183 cm³/mol. The second-order valence-electron chi connectivity index (χ2n) is 13.6. The van der Waals surface area contributed by atoms with Crippen molar-refractivity contribution >= 4 is 31.4 Å². The van der Waals surface area contributed by atoms with E-state index in [1.807, 2.05) is 26.0 Å². The fourth-order valence-electron chi connectivity index (χ4n) is 6.14. The molecule has 2 unspecified atom stereocenters. The molecule has 4 heterocycles. The second-order valence-corrected chi connectivity index (χ2v) is 14.5. The molecule has 2 aliphatic heterocycles. The van der Waals surface area contributed by atoms with Crippen molar-refractivity contribution in [3.8, 4) is 23.7 Å². The number of rotatable bonds is 10. The van der Waals surface area contributed by atoms with Crippen LogP contribution in [0.5, 0.6) is 0 Å². The van der Waals surface area contributed by atoms with Gasteiger partial charge in [-0.25, -0.2) is 9.36 Å². The van der Waals surface area contributed by atoms with Crippen molar-refractivity contribution in [1.29, 1.82) is 0 Å². The summed E-state index contributed by atoms with van der Waals surface area (Å²) in [6.07, 6.45) is 6.94. The largest absolute Gasteiger partial charge is 0.701 e. The van der Waals surface area contributed by atoms with Crippen LogP contribution in [0.4, 0.5) is 11.4 Å². The number of fused-ring (bicyclic) bond motifs is 2. The van der Waals surface area contributed by atoms with Crippen molar-refractivity contribution in [1.82, 2.24) is 30.0 Å². The average Bonchev–Trinajstić information content (AvgIpc) is 4.03. The van der Waals surface area contributed by atoms with E-state index in [0.29, 0.717) is 33.9 Å². The van der Waals surface area contributed by atoms with Gasteiger partial charge in [-0.15, -0.1) is 10.2 Å². The number of hydrogen-bond donors (Lipinski definition) is 2. The van der Waals surface area contributed by atoms with Gasteiger partial charge in [-0.2, -0.15) is 0 Å². The Kier molecular flexibility index (Phi) is 8.49. The Morgan fingerprint density at radius 2 is 1.17 bits per heavy atom. The quantitative estimate of drug-likeness (QED) is 0.182. The summed E-state index contributed by atoms with van der Waals surface area (Å²) >= 11 is 0. The monoisotopic (exact) mass is 721 g/mol. The maximum absolute atomic E-state index is 13.5. The number of amides is 2. The van der Waals surface area contributed by atoms with Crippen LogP contribution in [0.15, 0.2) is 48.8 Å². The summed E-state index contributed by atoms with van der Waals surface area (Å²) in [5, 5.41) is 39.1. The smallest absolute Gasteiger partial charge is 0.366 e. The van der Waals surface area contributed by atoms with E-state index in [9.17, 15) is 24.4 Å². The molecule has 0 spiro atoms. The van der Waals surface area contributed by atoms with Crippen molar-refractivity contribution in [2.45, 2.75) is 77.3 Å². The van der Waals surface area contributed by atoms with Gasteiger partial charge in [-0.3, -0.25) is 9.59 Å². The minimum Gasteiger partial charge on any atom is -0.366 e. The predicted octanol–water partition coefficient (Wildman–Crippen LogP) is 3.09. The van der Waals surface area contributed by atoms with Crippen LogP contribution in [0.2, 0.25) is 0 Å². The highest BCUT2D eigenvalue weighted by Gasteiger charge is 2.50. The Balaban J connectivity index is 0.855. The number of anilines is 2. The van der Waals surface area contributed by atoms with Gasteiger partial charge in [0, 0.05) is 27.5 Å². The van der Waals surface area contributed by atoms with E-state index < -0.39 is 31.3 Å². The van der Waals surface area contributed by atoms with Gasteiger partial charge in [-0.05, 0) is 63.8 Å². The number of carbonyl (C=O) groups excluding carboxylic acids is 2. The average molecular weight is 722 g/mol. The lowest BCUT2D eigenvalue weighted by Gasteiger charge is -2.17. The highest BCUT2D eigenvalue weighted by atomic mass is 31.1. The lowest BCUT2D eigenvalue weighted by atomic mass is 9.94. The molecule has 2 atom stereocenters. The van der Waals surface area contributed by atoms with Gasteiger partial charge in [0.25, 0.3) is 11.8 Å². The van der Waals surface area contributed by atoms with Crippen molar-refractivity contribution in [3.63, 3.8) is 0 Å². The molecule has 0 bridgehead atoms. The minimum absolute atomic E-state index is 0.0288. The van der Waals surface area contributed by atoms with Crippen LogP contribution in [0.1, 0.15) is 59.3 Å². The van der Waals surface area contributed by atoms with Gasteiger partial charge in [0.2, 0.25) is 11.2 Å². The normalized spacial score (nSPS) is 22.1. The Hall–Kier alpha value is -5.28. The zero-order chi connectivity index (χ0) is 36.2. The van der Waals surface area contributed by atoms with Crippen molar-refractivity contribution in [3.05, 3.63) is 82.4 Å². The Morgan fingerprint density at radius 3 is 1.58 bits per heavy atom. The molecule has 264 valence electrons.